The molecule has 0 bridgehead atoms. The van der Waals surface area contributed by atoms with Crippen LogP contribution in [0.2, 0.25) is 0 Å². The quantitative estimate of drug-likeness (QED) is 0.551. The Bertz CT molecular complexity index is 1070. The van der Waals surface area contributed by atoms with Gasteiger partial charge >= 0.3 is 0 Å². The molecular weight excluding hydrogens is 336 g/mol. The Morgan fingerprint density at radius 3 is 2.50 bits per heavy atom. The number of nitrogens with one attached hydrogen (secondary N) is 1. The Morgan fingerprint density at radius 2 is 1.73 bits per heavy atom. The predicted octanol–water partition coefficient (Wildman–Crippen LogP) is 5.20. The number of aromatic nitrogens is 3. The van der Waals surface area contributed by atoms with Crippen molar-refractivity contribution in [2.45, 2.75) is 0 Å². The molecule has 2 aromatic carbocycles. The summed E-state index contributed by atoms with van der Waals surface area (Å²) in [6, 6.07) is 14.0. The van der Waals surface area contributed by atoms with Crippen molar-refractivity contribution in [3.63, 3.8) is 0 Å². The van der Waals surface area contributed by atoms with Gasteiger partial charge in [0.05, 0.1) is 16.9 Å². The fraction of sp³-hybridized carbons (Fsp3) is 0. The van der Waals surface area contributed by atoms with Crippen molar-refractivity contribution in [1.82, 2.24) is 15.2 Å². The van der Waals surface area contributed by atoms with E-state index in [9.17, 15) is 8.78 Å². The lowest BCUT2D eigenvalue weighted by Gasteiger charge is -2.06. The number of pyridine rings is 1. The maximum atomic E-state index is 13.3. The Kier molecular flexibility index (Phi) is 4.15. The van der Waals surface area contributed by atoms with Crippen LogP contribution in [0.3, 0.4) is 0 Å². The molecule has 0 spiro atoms. The highest BCUT2D eigenvalue weighted by molar-refractivity contribution is 5.90. The first-order valence-electron chi connectivity index (χ1n) is 7.88. The zero-order valence-corrected chi connectivity index (χ0v) is 13.5. The Balaban J connectivity index is 1.65. The summed E-state index contributed by atoms with van der Waals surface area (Å²) in [6.45, 7) is 0. The summed E-state index contributed by atoms with van der Waals surface area (Å²) in [5, 5.41) is 8.03. The third kappa shape index (κ3) is 3.44. The second-order valence-electron chi connectivity index (χ2n) is 5.61. The van der Waals surface area contributed by atoms with Crippen LogP contribution in [0.5, 0.6) is 11.5 Å². The highest BCUT2D eigenvalue weighted by Crippen LogP contribution is 2.28. The van der Waals surface area contributed by atoms with Gasteiger partial charge in [0, 0.05) is 29.8 Å². The molecular formula is C20H13F2N3O. The first kappa shape index (κ1) is 16.0. The van der Waals surface area contributed by atoms with Crippen molar-refractivity contribution in [1.29, 1.82) is 0 Å². The van der Waals surface area contributed by atoms with Gasteiger partial charge in [0.15, 0.2) is 0 Å². The molecule has 0 radical (unpaired) electrons. The maximum Gasteiger partial charge on any atom is 0.133 e. The Morgan fingerprint density at radius 1 is 0.885 bits per heavy atom. The summed E-state index contributed by atoms with van der Waals surface area (Å²) in [5.74, 6) is -0.834. The van der Waals surface area contributed by atoms with Gasteiger partial charge in [-0.1, -0.05) is 6.07 Å². The lowest BCUT2D eigenvalue weighted by molar-refractivity contribution is 0.469. The lowest BCUT2D eigenvalue weighted by atomic mass is 10.2. The molecule has 4 aromatic rings. The number of hydrogen-bond donors (Lipinski definition) is 1. The van der Waals surface area contributed by atoms with E-state index in [1.807, 2.05) is 30.4 Å². The summed E-state index contributed by atoms with van der Waals surface area (Å²) >= 11 is 0. The molecule has 0 saturated carbocycles. The summed E-state index contributed by atoms with van der Waals surface area (Å²) in [4.78, 5) is 4.23. The highest BCUT2D eigenvalue weighted by Gasteiger charge is 2.07. The van der Waals surface area contributed by atoms with E-state index in [2.05, 4.69) is 15.2 Å². The molecule has 0 atom stereocenters. The van der Waals surface area contributed by atoms with Crippen molar-refractivity contribution >= 4 is 23.1 Å². The molecule has 1 N–H and O–H groups in total. The Labute approximate surface area is 147 Å². The number of hydrogen-bond acceptors (Lipinski definition) is 3. The number of H-pyrrole nitrogens is 1. The molecule has 0 fully saturated rings. The van der Waals surface area contributed by atoms with E-state index in [1.165, 1.54) is 0 Å². The molecule has 0 aliphatic carbocycles. The van der Waals surface area contributed by atoms with Crippen LogP contribution in [0.4, 0.5) is 8.78 Å². The van der Waals surface area contributed by atoms with Crippen LogP contribution in [0.1, 0.15) is 11.4 Å². The van der Waals surface area contributed by atoms with Gasteiger partial charge in [0.1, 0.15) is 23.1 Å². The summed E-state index contributed by atoms with van der Waals surface area (Å²) < 4.78 is 32.2. The summed E-state index contributed by atoms with van der Waals surface area (Å²) in [6.07, 6.45) is 5.41. The number of rotatable bonds is 4. The number of benzene rings is 2. The van der Waals surface area contributed by atoms with Crippen LogP contribution in [0.25, 0.3) is 23.1 Å². The second kappa shape index (κ2) is 6.76. The maximum absolute atomic E-state index is 13.3. The smallest absolute Gasteiger partial charge is 0.133 e. The fourth-order valence-electron chi connectivity index (χ4n) is 2.57. The minimum Gasteiger partial charge on any atom is -0.457 e. The standard InChI is InChI=1S/C20H13F2N3O/c21-13-9-14(22)11-17(10-13)26-16-5-7-20-18(12-16)19(24-25-20)6-4-15-3-1-2-8-23-15/h1-12H,(H,24,25)/b6-4+. The van der Waals surface area contributed by atoms with Crippen LogP contribution in [0, 0.1) is 11.6 Å². The summed E-state index contributed by atoms with van der Waals surface area (Å²) in [5.41, 5.74) is 2.34. The minimum atomic E-state index is -0.691. The molecule has 2 heterocycles. The van der Waals surface area contributed by atoms with E-state index < -0.39 is 11.6 Å². The molecule has 0 unspecified atom stereocenters. The van der Waals surface area contributed by atoms with Crippen LogP contribution < -0.4 is 4.74 Å². The molecule has 0 aliphatic heterocycles. The minimum absolute atomic E-state index is 0.0934. The van der Waals surface area contributed by atoms with E-state index in [0.29, 0.717) is 11.4 Å². The zero-order valence-electron chi connectivity index (χ0n) is 13.5. The molecule has 128 valence electrons. The number of aromatic amines is 1. The van der Waals surface area contributed by atoms with Crippen molar-refractivity contribution in [3.05, 3.63) is 83.8 Å². The highest BCUT2D eigenvalue weighted by atomic mass is 19.1. The molecule has 0 aliphatic rings. The van der Waals surface area contributed by atoms with Crippen LogP contribution in [0.15, 0.2) is 60.8 Å². The van der Waals surface area contributed by atoms with Crippen LogP contribution in [-0.4, -0.2) is 15.2 Å². The monoisotopic (exact) mass is 349 g/mol. The topological polar surface area (TPSA) is 50.8 Å². The molecule has 0 amide bonds. The van der Waals surface area contributed by atoms with Gasteiger partial charge in [-0.05, 0) is 42.5 Å². The van der Waals surface area contributed by atoms with Gasteiger partial charge in [-0.2, -0.15) is 5.10 Å². The third-order valence-corrected chi connectivity index (χ3v) is 3.74. The first-order chi connectivity index (χ1) is 12.7. The lowest BCUT2D eigenvalue weighted by Crippen LogP contribution is -1.87. The van der Waals surface area contributed by atoms with Crippen LogP contribution >= 0.6 is 0 Å². The molecule has 2 aromatic heterocycles. The van der Waals surface area contributed by atoms with Crippen LogP contribution in [-0.2, 0) is 0 Å². The average Bonchev–Trinajstić information content (AvgIpc) is 3.02. The van der Waals surface area contributed by atoms with E-state index in [-0.39, 0.29) is 5.75 Å². The van der Waals surface area contributed by atoms with Gasteiger partial charge in [0.25, 0.3) is 0 Å². The van der Waals surface area contributed by atoms with E-state index in [0.717, 1.165) is 34.8 Å². The molecule has 0 saturated heterocycles. The SMILES string of the molecule is Fc1cc(F)cc(Oc2ccc3[nH]nc(/C=C/c4ccccn4)c3c2)c1. The zero-order chi connectivity index (χ0) is 17.9. The van der Waals surface area contributed by atoms with Crippen molar-refractivity contribution < 1.29 is 13.5 Å². The molecule has 6 heteroatoms. The largest absolute Gasteiger partial charge is 0.457 e. The van der Waals surface area contributed by atoms with E-state index in [1.54, 1.807) is 24.4 Å². The van der Waals surface area contributed by atoms with E-state index >= 15 is 0 Å². The third-order valence-electron chi connectivity index (χ3n) is 3.74. The fourth-order valence-corrected chi connectivity index (χ4v) is 2.57. The van der Waals surface area contributed by atoms with Gasteiger partial charge in [-0.25, -0.2) is 8.78 Å². The Hall–Kier alpha value is -3.54. The number of fused-ring (bicyclic) bond motifs is 1. The normalized spacial score (nSPS) is 11.3. The second-order valence-corrected chi connectivity index (χ2v) is 5.61. The number of nitrogens with zero attached hydrogens (tertiary/aromatic N) is 2. The first-order valence-corrected chi connectivity index (χ1v) is 7.88. The van der Waals surface area contributed by atoms with E-state index in [4.69, 9.17) is 4.74 Å². The van der Waals surface area contributed by atoms with Gasteiger partial charge in [-0.15, -0.1) is 0 Å². The van der Waals surface area contributed by atoms with Crippen molar-refractivity contribution in [2.75, 3.05) is 0 Å². The van der Waals surface area contributed by atoms with Gasteiger partial charge in [-0.3, -0.25) is 10.1 Å². The predicted molar refractivity (Wildman–Crippen MR) is 95.7 cm³/mol. The molecule has 26 heavy (non-hydrogen) atoms. The molecule has 4 rings (SSSR count). The van der Waals surface area contributed by atoms with Gasteiger partial charge < -0.3 is 4.74 Å². The van der Waals surface area contributed by atoms with Crippen molar-refractivity contribution in [2.24, 2.45) is 0 Å². The molecule has 4 nitrogen and oxygen atoms in total. The number of halogens is 2. The average molecular weight is 349 g/mol. The summed E-state index contributed by atoms with van der Waals surface area (Å²) in [7, 11) is 0. The van der Waals surface area contributed by atoms with Gasteiger partial charge in [0.2, 0.25) is 0 Å². The van der Waals surface area contributed by atoms with Crippen molar-refractivity contribution in [3.8, 4) is 11.5 Å². The number of ether oxygens (including phenoxy) is 1.